The molecular weight excluding hydrogens is 214 g/mol. The second kappa shape index (κ2) is 4.53. The number of aromatic nitrogens is 4. The van der Waals surface area contributed by atoms with Crippen LogP contribution in [0.4, 0.5) is 5.82 Å². The Labute approximate surface area is 101 Å². The first-order chi connectivity index (χ1) is 8.13. The lowest BCUT2D eigenvalue weighted by Gasteiger charge is -2.04. The molecular formula is C12H17N5. The molecule has 0 unspecified atom stereocenters. The first kappa shape index (κ1) is 11.6. The van der Waals surface area contributed by atoms with Crippen LogP contribution in [0, 0.1) is 6.92 Å². The Hall–Kier alpha value is -1.91. The van der Waals surface area contributed by atoms with E-state index in [-0.39, 0.29) is 0 Å². The van der Waals surface area contributed by atoms with Gasteiger partial charge in [0.15, 0.2) is 5.82 Å². The Bertz CT molecular complexity index is 530. The Kier molecular flexibility index (Phi) is 3.08. The molecule has 0 saturated heterocycles. The van der Waals surface area contributed by atoms with E-state index in [0.29, 0.717) is 0 Å². The maximum atomic E-state index is 4.47. The van der Waals surface area contributed by atoms with Crippen molar-refractivity contribution in [2.45, 2.75) is 20.3 Å². The first-order valence-electron chi connectivity index (χ1n) is 5.70. The molecule has 0 atom stereocenters. The van der Waals surface area contributed by atoms with Crippen LogP contribution < -0.4 is 5.32 Å². The zero-order chi connectivity index (χ0) is 12.4. The van der Waals surface area contributed by atoms with Gasteiger partial charge in [-0.1, -0.05) is 6.92 Å². The van der Waals surface area contributed by atoms with Crippen molar-refractivity contribution in [1.29, 1.82) is 0 Å². The van der Waals surface area contributed by atoms with Crippen molar-refractivity contribution in [3.63, 3.8) is 0 Å². The summed E-state index contributed by atoms with van der Waals surface area (Å²) >= 11 is 0. The summed E-state index contributed by atoms with van der Waals surface area (Å²) < 4.78 is 1.80. The van der Waals surface area contributed by atoms with Gasteiger partial charge in [-0.3, -0.25) is 4.68 Å². The molecule has 0 spiro atoms. The van der Waals surface area contributed by atoms with E-state index in [9.17, 15) is 0 Å². The molecule has 0 amide bonds. The number of hydrogen-bond acceptors (Lipinski definition) is 4. The van der Waals surface area contributed by atoms with Crippen molar-refractivity contribution in [1.82, 2.24) is 19.7 Å². The highest BCUT2D eigenvalue weighted by atomic mass is 15.3. The molecule has 90 valence electrons. The minimum absolute atomic E-state index is 0.735. The van der Waals surface area contributed by atoms with Crippen molar-refractivity contribution in [3.05, 3.63) is 23.7 Å². The summed E-state index contributed by atoms with van der Waals surface area (Å²) in [6, 6.07) is 1.92. The normalized spacial score (nSPS) is 10.6. The second-order valence-electron chi connectivity index (χ2n) is 3.98. The zero-order valence-corrected chi connectivity index (χ0v) is 10.7. The standard InChI is InChI=1S/C12H17N5/c1-5-10-9(7-17(4)16-10)12-14-8(2)6-11(13-3)15-12/h6-7H,5H2,1-4H3,(H,13,14,15). The molecule has 0 bridgehead atoms. The van der Waals surface area contributed by atoms with Gasteiger partial charge in [-0.25, -0.2) is 9.97 Å². The maximum absolute atomic E-state index is 4.47. The molecule has 0 radical (unpaired) electrons. The van der Waals surface area contributed by atoms with Gasteiger partial charge < -0.3 is 5.32 Å². The maximum Gasteiger partial charge on any atom is 0.165 e. The number of aryl methyl sites for hydroxylation is 3. The van der Waals surface area contributed by atoms with Gasteiger partial charge in [0.1, 0.15) is 5.82 Å². The summed E-state index contributed by atoms with van der Waals surface area (Å²) in [4.78, 5) is 8.94. The van der Waals surface area contributed by atoms with Crippen LogP contribution in [-0.2, 0) is 13.5 Å². The van der Waals surface area contributed by atoms with Crippen molar-refractivity contribution in [2.24, 2.45) is 7.05 Å². The van der Waals surface area contributed by atoms with Gasteiger partial charge in [0.25, 0.3) is 0 Å². The first-order valence-corrected chi connectivity index (χ1v) is 5.70. The van der Waals surface area contributed by atoms with Gasteiger partial charge in [0.05, 0.1) is 11.3 Å². The number of rotatable bonds is 3. The van der Waals surface area contributed by atoms with Gasteiger partial charge in [-0.15, -0.1) is 0 Å². The summed E-state index contributed by atoms with van der Waals surface area (Å²) in [7, 11) is 3.77. The molecule has 2 aromatic rings. The number of anilines is 1. The van der Waals surface area contributed by atoms with Crippen LogP contribution in [0.15, 0.2) is 12.3 Å². The van der Waals surface area contributed by atoms with Crippen molar-refractivity contribution in [3.8, 4) is 11.4 Å². The predicted octanol–water partition coefficient (Wildman–Crippen LogP) is 1.79. The van der Waals surface area contributed by atoms with E-state index in [4.69, 9.17) is 0 Å². The number of nitrogens with one attached hydrogen (secondary N) is 1. The van der Waals surface area contributed by atoms with Crippen LogP contribution in [0.2, 0.25) is 0 Å². The van der Waals surface area contributed by atoms with Gasteiger partial charge in [0.2, 0.25) is 0 Å². The zero-order valence-electron chi connectivity index (χ0n) is 10.7. The molecule has 0 fully saturated rings. The van der Waals surface area contributed by atoms with Gasteiger partial charge in [0, 0.05) is 32.1 Å². The third-order valence-electron chi connectivity index (χ3n) is 2.59. The molecule has 2 aromatic heterocycles. The van der Waals surface area contributed by atoms with Crippen LogP contribution in [0.25, 0.3) is 11.4 Å². The Morgan fingerprint density at radius 2 is 2.12 bits per heavy atom. The molecule has 5 nitrogen and oxygen atoms in total. The van der Waals surface area contributed by atoms with Crippen LogP contribution in [0.1, 0.15) is 18.3 Å². The summed E-state index contributed by atoms with van der Waals surface area (Å²) in [5, 5.41) is 7.45. The summed E-state index contributed by atoms with van der Waals surface area (Å²) in [5.74, 6) is 1.57. The third-order valence-corrected chi connectivity index (χ3v) is 2.59. The van der Waals surface area contributed by atoms with Crippen LogP contribution in [0.3, 0.4) is 0 Å². The quantitative estimate of drug-likeness (QED) is 0.875. The SMILES string of the molecule is CCc1nn(C)cc1-c1nc(C)cc(NC)n1. The van der Waals surface area contributed by atoms with E-state index < -0.39 is 0 Å². The number of nitrogens with zero attached hydrogens (tertiary/aromatic N) is 4. The van der Waals surface area contributed by atoms with E-state index in [2.05, 4.69) is 27.3 Å². The van der Waals surface area contributed by atoms with Gasteiger partial charge in [-0.2, -0.15) is 5.10 Å². The Morgan fingerprint density at radius 1 is 1.35 bits per heavy atom. The molecule has 17 heavy (non-hydrogen) atoms. The fraction of sp³-hybridized carbons (Fsp3) is 0.417. The fourth-order valence-corrected chi connectivity index (χ4v) is 1.80. The second-order valence-corrected chi connectivity index (χ2v) is 3.98. The highest BCUT2D eigenvalue weighted by Crippen LogP contribution is 2.21. The lowest BCUT2D eigenvalue weighted by molar-refractivity contribution is 0.746. The van der Waals surface area contributed by atoms with Crippen LogP contribution in [-0.4, -0.2) is 26.8 Å². The van der Waals surface area contributed by atoms with Crippen molar-refractivity contribution >= 4 is 5.82 Å². The molecule has 2 heterocycles. The van der Waals surface area contributed by atoms with Crippen LogP contribution >= 0.6 is 0 Å². The van der Waals surface area contributed by atoms with Crippen molar-refractivity contribution in [2.75, 3.05) is 12.4 Å². The minimum atomic E-state index is 0.735. The molecule has 0 aliphatic heterocycles. The van der Waals surface area contributed by atoms with Crippen LogP contribution in [0.5, 0.6) is 0 Å². The average molecular weight is 231 g/mol. The fourth-order valence-electron chi connectivity index (χ4n) is 1.80. The van der Waals surface area contributed by atoms with E-state index in [1.54, 1.807) is 4.68 Å². The van der Waals surface area contributed by atoms with Gasteiger partial charge in [-0.05, 0) is 13.3 Å². The molecule has 0 saturated carbocycles. The highest BCUT2D eigenvalue weighted by Gasteiger charge is 2.12. The molecule has 0 aliphatic carbocycles. The third kappa shape index (κ3) is 2.27. The molecule has 1 N–H and O–H groups in total. The lowest BCUT2D eigenvalue weighted by Crippen LogP contribution is -1.99. The Balaban J connectivity index is 2.55. The smallest absolute Gasteiger partial charge is 0.165 e. The molecule has 2 rings (SSSR count). The van der Waals surface area contributed by atoms with E-state index >= 15 is 0 Å². The topological polar surface area (TPSA) is 55.6 Å². The molecule has 0 aromatic carbocycles. The summed E-state index contributed by atoms with van der Waals surface area (Å²) in [6.45, 7) is 4.05. The monoisotopic (exact) mass is 231 g/mol. The average Bonchev–Trinajstić information content (AvgIpc) is 2.69. The lowest BCUT2D eigenvalue weighted by atomic mass is 10.2. The van der Waals surface area contributed by atoms with E-state index in [0.717, 1.165) is 35.0 Å². The molecule has 0 aliphatic rings. The largest absolute Gasteiger partial charge is 0.373 e. The highest BCUT2D eigenvalue weighted by molar-refractivity contribution is 5.59. The minimum Gasteiger partial charge on any atom is -0.373 e. The molecule has 5 heteroatoms. The predicted molar refractivity (Wildman–Crippen MR) is 67.9 cm³/mol. The summed E-state index contributed by atoms with van der Waals surface area (Å²) in [6.07, 6.45) is 2.84. The Morgan fingerprint density at radius 3 is 2.76 bits per heavy atom. The number of hydrogen-bond donors (Lipinski definition) is 1. The summed E-state index contributed by atoms with van der Waals surface area (Å²) in [5.41, 5.74) is 2.99. The van der Waals surface area contributed by atoms with E-state index in [1.807, 2.05) is 33.3 Å². The van der Waals surface area contributed by atoms with Gasteiger partial charge >= 0.3 is 0 Å². The van der Waals surface area contributed by atoms with E-state index in [1.165, 1.54) is 0 Å². The van der Waals surface area contributed by atoms with Crippen molar-refractivity contribution < 1.29 is 0 Å².